The number of aromatic nitrogens is 2. The van der Waals surface area contributed by atoms with E-state index in [4.69, 9.17) is 0 Å². The predicted octanol–water partition coefficient (Wildman–Crippen LogP) is 3.60. The largest absolute Gasteiger partial charge is 0.359 e. The summed E-state index contributed by atoms with van der Waals surface area (Å²) in [4.78, 5) is 12.4. The topological polar surface area (TPSA) is 29.0 Å². The van der Waals surface area contributed by atoms with E-state index in [9.17, 15) is 0 Å². The smallest absolute Gasteiger partial charge is 0.128 e. The zero-order valence-corrected chi connectivity index (χ0v) is 13.2. The van der Waals surface area contributed by atoms with Gasteiger partial charge in [-0.2, -0.15) is 0 Å². The van der Waals surface area contributed by atoms with Gasteiger partial charge in [0.25, 0.3) is 0 Å². The number of likely N-dealkylation sites (N-methyl/N-ethyl adjacent to an activating group) is 1. The zero-order valence-electron chi connectivity index (χ0n) is 10.8. The number of halogens is 1. The maximum absolute atomic E-state index is 4.55. The van der Waals surface area contributed by atoms with Crippen molar-refractivity contribution < 1.29 is 0 Å². The molecule has 0 N–H and O–H groups in total. The first-order chi connectivity index (χ1) is 8.56. The van der Waals surface area contributed by atoms with Gasteiger partial charge in [-0.05, 0) is 41.9 Å². The highest BCUT2D eigenvalue weighted by atomic mass is 79.9. The van der Waals surface area contributed by atoms with E-state index >= 15 is 0 Å². The lowest BCUT2D eigenvalue weighted by atomic mass is 10.3. The summed E-state index contributed by atoms with van der Waals surface area (Å²) in [6.07, 6.45) is 2.90. The SMILES string of the molecule is Cc1cnc(CCN(C)c2ccc(Br)c(C)n2)s1. The summed E-state index contributed by atoms with van der Waals surface area (Å²) in [5, 5.41) is 1.19. The molecule has 0 saturated heterocycles. The monoisotopic (exact) mass is 325 g/mol. The Morgan fingerprint density at radius 3 is 2.72 bits per heavy atom. The molecule has 2 aromatic heterocycles. The molecule has 0 aliphatic rings. The van der Waals surface area contributed by atoms with E-state index < -0.39 is 0 Å². The summed E-state index contributed by atoms with van der Waals surface area (Å²) >= 11 is 5.23. The average Bonchev–Trinajstić information content (AvgIpc) is 2.75. The number of anilines is 1. The maximum atomic E-state index is 4.55. The van der Waals surface area contributed by atoms with Crippen molar-refractivity contribution in [3.63, 3.8) is 0 Å². The maximum Gasteiger partial charge on any atom is 0.128 e. The quantitative estimate of drug-likeness (QED) is 0.860. The summed E-state index contributed by atoms with van der Waals surface area (Å²) in [5.41, 5.74) is 1.02. The zero-order chi connectivity index (χ0) is 13.1. The predicted molar refractivity (Wildman–Crippen MR) is 80.5 cm³/mol. The summed E-state index contributed by atoms with van der Waals surface area (Å²) in [6.45, 7) is 5.02. The van der Waals surface area contributed by atoms with Gasteiger partial charge in [-0.1, -0.05) is 0 Å². The van der Waals surface area contributed by atoms with Crippen LogP contribution in [0.5, 0.6) is 0 Å². The molecule has 0 aliphatic carbocycles. The van der Waals surface area contributed by atoms with Crippen LogP contribution in [0.2, 0.25) is 0 Å². The van der Waals surface area contributed by atoms with Crippen LogP contribution in [0.4, 0.5) is 5.82 Å². The third kappa shape index (κ3) is 3.29. The van der Waals surface area contributed by atoms with Crippen LogP contribution < -0.4 is 4.90 Å². The van der Waals surface area contributed by atoms with Gasteiger partial charge in [-0.25, -0.2) is 9.97 Å². The standard InChI is InChI=1S/C13H16BrN3S/c1-9-8-15-13(18-9)6-7-17(3)12-5-4-11(14)10(2)16-12/h4-5,8H,6-7H2,1-3H3. The van der Waals surface area contributed by atoms with E-state index in [2.05, 4.69) is 44.8 Å². The highest BCUT2D eigenvalue weighted by molar-refractivity contribution is 9.10. The highest BCUT2D eigenvalue weighted by Gasteiger charge is 2.06. The summed E-state index contributed by atoms with van der Waals surface area (Å²) in [7, 11) is 2.07. The first-order valence-electron chi connectivity index (χ1n) is 5.82. The number of hydrogen-bond acceptors (Lipinski definition) is 4. The summed E-state index contributed by atoms with van der Waals surface area (Å²) in [6, 6.07) is 4.08. The lowest BCUT2D eigenvalue weighted by Crippen LogP contribution is -2.21. The number of aryl methyl sites for hydroxylation is 2. The molecule has 0 atom stereocenters. The average molecular weight is 326 g/mol. The molecule has 2 aromatic rings. The minimum absolute atomic E-state index is 0.932. The molecule has 0 fully saturated rings. The van der Waals surface area contributed by atoms with Crippen molar-refractivity contribution in [3.05, 3.63) is 38.4 Å². The normalized spacial score (nSPS) is 10.7. The molecule has 2 heterocycles. The van der Waals surface area contributed by atoms with Crippen LogP contribution in [0.15, 0.2) is 22.8 Å². The molecular formula is C13H16BrN3S. The van der Waals surface area contributed by atoms with Crippen LogP contribution >= 0.6 is 27.3 Å². The minimum atomic E-state index is 0.932. The fourth-order valence-corrected chi connectivity index (χ4v) is 2.63. The van der Waals surface area contributed by atoms with Crippen molar-refractivity contribution in [2.75, 3.05) is 18.5 Å². The molecule has 5 heteroatoms. The van der Waals surface area contributed by atoms with Gasteiger partial charge in [-0.15, -0.1) is 11.3 Å². The van der Waals surface area contributed by atoms with Crippen molar-refractivity contribution in [3.8, 4) is 0 Å². The van der Waals surface area contributed by atoms with Gasteiger partial charge in [0.2, 0.25) is 0 Å². The third-order valence-corrected chi connectivity index (χ3v) is 4.54. The summed E-state index contributed by atoms with van der Waals surface area (Å²) in [5.74, 6) is 1.00. The van der Waals surface area contributed by atoms with E-state index in [1.165, 1.54) is 9.88 Å². The highest BCUT2D eigenvalue weighted by Crippen LogP contribution is 2.19. The van der Waals surface area contributed by atoms with Gasteiger partial charge in [0.05, 0.1) is 10.7 Å². The molecule has 0 radical (unpaired) electrons. The summed E-state index contributed by atoms with van der Waals surface area (Å²) < 4.78 is 1.05. The minimum Gasteiger partial charge on any atom is -0.359 e. The third-order valence-electron chi connectivity index (χ3n) is 2.73. The van der Waals surface area contributed by atoms with Gasteiger partial charge in [0, 0.05) is 35.6 Å². The van der Waals surface area contributed by atoms with E-state index in [1.54, 1.807) is 11.3 Å². The number of hydrogen-bond donors (Lipinski definition) is 0. The van der Waals surface area contributed by atoms with Crippen LogP contribution in [0.25, 0.3) is 0 Å². The lowest BCUT2D eigenvalue weighted by molar-refractivity contribution is 0.850. The van der Waals surface area contributed by atoms with Gasteiger partial charge in [0.1, 0.15) is 5.82 Å². The van der Waals surface area contributed by atoms with Crippen LogP contribution in [0.3, 0.4) is 0 Å². The Kier molecular flexibility index (Phi) is 4.35. The number of rotatable bonds is 4. The molecule has 0 saturated carbocycles. The number of nitrogens with zero attached hydrogens (tertiary/aromatic N) is 3. The van der Waals surface area contributed by atoms with E-state index in [-0.39, 0.29) is 0 Å². The Balaban J connectivity index is 1.99. The van der Waals surface area contributed by atoms with Crippen LogP contribution in [-0.4, -0.2) is 23.6 Å². The van der Waals surface area contributed by atoms with E-state index in [0.29, 0.717) is 0 Å². The fraction of sp³-hybridized carbons (Fsp3) is 0.385. The van der Waals surface area contributed by atoms with Crippen LogP contribution in [0.1, 0.15) is 15.6 Å². The first kappa shape index (κ1) is 13.5. The Labute approximate surface area is 120 Å². The van der Waals surface area contributed by atoms with Gasteiger partial charge in [0.15, 0.2) is 0 Å². The molecule has 0 unspecified atom stereocenters. The lowest BCUT2D eigenvalue weighted by Gasteiger charge is -2.18. The molecule has 3 nitrogen and oxygen atoms in total. The molecule has 96 valence electrons. The van der Waals surface area contributed by atoms with Gasteiger partial charge >= 0.3 is 0 Å². The Morgan fingerprint density at radius 2 is 2.11 bits per heavy atom. The van der Waals surface area contributed by atoms with Crippen molar-refractivity contribution in [1.82, 2.24) is 9.97 Å². The van der Waals surface area contributed by atoms with Gasteiger partial charge in [-0.3, -0.25) is 0 Å². The second-order valence-corrected chi connectivity index (χ2v) is 6.45. The Hall–Kier alpha value is -0.940. The fourth-order valence-electron chi connectivity index (χ4n) is 1.64. The Bertz CT molecular complexity index is 539. The van der Waals surface area contributed by atoms with Crippen molar-refractivity contribution in [1.29, 1.82) is 0 Å². The molecule has 2 rings (SSSR count). The number of thiazole rings is 1. The van der Waals surface area contributed by atoms with Crippen LogP contribution in [-0.2, 0) is 6.42 Å². The molecule has 0 bridgehead atoms. The van der Waals surface area contributed by atoms with Crippen molar-refractivity contribution in [2.45, 2.75) is 20.3 Å². The molecule has 0 amide bonds. The molecule has 0 aromatic carbocycles. The second kappa shape index (κ2) is 5.80. The molecule has 0 aliphatic heterocycles. The van der Waals surface area contributed by atoms with Crippen molar-refractivity contribution >= 4 is 33.1 Å². The van der Waals surface area contributed by atoms with Crippen LogP contribution in [0, 0.1) is 13.8 Å². The van der Waals surface area contributed by atoms with E-state index in [1.807, 2.05) is 25.3 Å². The number of pyridine rings is 1. The molecular weight excluding hydrogens is 310 g/mol. The van der Waals surface area contributed by atoms with E-state index in [0.717, 1.165) is 29.0 Å². The molecule has 0 spiro atoms. The Morgan fingerprint density at radius 1 is 1.33 bits per heavy atom. The van der Waals surface area contributed by atoms with Gasteiger partial charge < -0.3 is 4.90 Å². The van der Waals surface area contributed by atoms with Crippen molar-refractivity contribution in [2.24, 2.45) is 0 Å². The second-order valence-electron chi connectivity index (χ2n) is 4.27. The first-order valence-corrected chi connectivity index (χ1v) is 7.43. The molecule has 18 heavy (non-hydrogen) atoms.